The molecule has 0 radical (unpaired) electrons. The Morgan fingerprint density at radius 1 is 0.769 bits per heavy atom. The van der Waals surface area contributed by atoms with Gasteiger partial charge in [-0.25, -0.2) is 9.59 Å². The van der Waals surface area contributed by atoms with E-state index in [1.807, 2.05) is 0 Å². The molecule has 0 atom stereocenters. The molecule has 0 aromatic heterocycles. The number of carboxylic acid groups (broad SMARTS) is 2. The summed E-state index contributed by atoms with van der Waals surface area (Å²) < 4.78 is 0. The first-order valence-corrected chi connectivity index (χ1v) is 2.76. The van der Waals surface area contributed by atoms with Crippen LogP contribution >= 0.6 is 0 Å². The van der Waals surface area contributed by atoms with Crippen molar-refractivity contribution in [3.8, 4) is 0 Å². The van der Waals surface area contributed by atoms with E-state index in [9.17, 15) is 19.2 Å². The third-order valence-corrected chi connectivity index (χ3v) is 0.602. The summed E-state index contributed by atoms with van der Waals surface area (Å²) in [7, 11) is 0. The van der Waals surface area contributed by atoms with Crippen molar-refractivity contribution in [2.75, 3.05) is 0 Å². The fourth-order valence-corrected chi connectivity index (χ4v) is 0. The largest absolute Gasteiger partial charge is 0.476 e. The minimum absolute atomic E-state index is 0. The zero-order chi connectivity index (χ0) is 10.3. The molecule has 7 heteroatoms. The molecule has 0 rings (SSSR count). The quantitative estimate of drug-likeness (QED) is 0.484. The van der Waals surface area contributed by atoms with Crippen LogP contribution in [-0.2, 0) is 35.7 Å². The molecule has 0 aliphatic rings. The number of ketones is 2. The van der Waals surface area contributed by atoms with E-state index in [4.69, 9.17) is 10.2 Å². The topological polar surface area (TPSA) is 109 Å². The van der Waals surface area contributed by atoms with E-state index in [0.717, 1.165) is 13.8 Å². The van der Waals surface area contributed by atoms with Gasteiger partial charge in [0.25, 0.3) is 0 Å². The minimum Gasteiger partial charge on any atom is -0.476 e. The molecule has 0 aromatic carbocycles. The van der Waals surface area contributed by atoms with Crippen LogP contribution < -0.4 is 0 Å². The Labute approximate surface area is 83.9 Å². The fourth-order valence-electron chi connectivity index (χ4n) is 0. The van der Waals surface area contributed by atoms with E-state index in [2.05, 4.69) is 0 Å². The second kappa shape index (κ2) is 8.87. The molecule has 6 nitrogen and oxygen atoms in total. The van der Waals surface area contributed by atoms with E-state index in [1.54, 1.807) is 0 Å². The summed E-state index contributed by atoms with van der Waals surface area (Å²) in [6.07, 6.45) is 0. The maximum Gasteiger partial charge on any atom is 0.371 e. The van der Waals surface area contributed by atoms with Crippen molar-refractivity contribution in [2.45, 2.75) is 13.8 Å². The predicted molar refractivity (Wildman–Crippen MR) is 36.6 cm³/mol. The Balaban J connectivity index is -0.000000143. The Morgan fingerprint density at radius 2 is 0.846 bits per heavy atom. The van der Waals surface area contributed by atoms with Crippen LogP contribution in [0.25, 0.3) is 0 Å². The first-order valence-electron chi connectivity index (χ1n) is 2.76. The van der Waals surface area contributed by atoms with Gasteiger partial charge in [-0.3, -0.25) is 9.59 Å². The van der Waals surface area contributed by atoms with Gasteiger partial charge in [0.2, 0.25) is 11.6 Å². The molecule has 0 aromatic rings. The molecule has 0 unspecified atom stereocenters. The third kappa shape index (κ3) is 18.1. The molecule has 13 heavy (non-hydrogen) atoms. The van der Waals surface area contributed by atoms with Crippen LogP contribution in [0.5, 0.6) is 0 Å². The molecule has 78 valence electrons. The molecule has 0 saturated heterocycles. The molecule has 2 N–H and O–H groups in total. The summed E-state index contributed by atoms with van der Waals surface area (Å²) >= 11 is 0. The zero-order valence-electron chi connectivity index (χ0n) is 6.84. The van der Waals surface area contributed by atoms with Gasteiger partial charge >= 0.3 is 11.9 Å². The number of hydrogen-bond donors (Lipinski definition) is 2. The summed E-state index contributed by atoms with van der Waals surface area (Å²) in [6.45, 7) is 2.00. The van der Waals surface area contributed by atoms with Crippen molar-refractivity contribution in [3.05, 3.63) is 0 Å². The first kappa shape index (κ1) is 17.8. The maximum absolute atomic E-state index is 9.54. The summed E-state index contributed by atoms with van der Waals surface area (Å²) in [5, 5.41) is 15.3. The molecule has 0 fully saturated rings. The van der Waals surface area contributed by atoms with Gasteiger partial charge < -0.3 is 10.2 Å². The van der Waals surface area contributed by atoms with Crippen molar-refractivity contribution >= 4 is 23.5 Å². The Bertz CT molecular complexity index is 173. The second-order valence-corrected chi connectivity index (χ2v) is 1.72. The number of Topliss-reactive ketones (excluding diaryl/α,β-unsaturated/α-hetero) is 2. The van der Waals surface area contributed by atoms with Crippen molar-refractivity contribution in [3.63, 3.8) is 0 Å². The second-order valence-electron chi connectivity index (χ2n) is 1.72. The number of aliphatic carboxylic acids is 2. The van der Waals surface area contributed by atoms with Crippen LogP contribution in [0.3, 0.4) is 0 Å². The van der Waals surface area contributed by atoms with Gasteiger partial charge in [0.1, 0.15) is 0 Å². The molecule has 0 amide bonds. The fraction of sp³-hybridized carbons (Fsp3) is 0.333. The monoisotopic (exact) mass is 234 g/mol. The molecule has 0 bridgehead atoms. The summed E-state index contributed by atoms with van der Waals surface area (Å²) in [5.74, 6) is -4.41. The van der Waals surface area contributed by atoms with Crippen molar-refractivity contribution in [1.82, 2.24) is 0 Å². The standard InChI is InChI=1S/2C3H4O3.Ni/c2*1-2(4)3(5)6;/h2*1H3,(H,5,6);. The summed E-state index contributed by atoms with van der Waals surface area (Å²) in [5.41, 5.74) is 0. The normalized spacial score (nSPS) is 6.92. The number of rotatable bonds is 2. The van der Waals surface area contributed by atoms with Gasteiger partial charge in [0.05, 0.1) is 0 Å². The van der Waals surface area contributed by atoms with E-state index in [0.29, 0.717) is 0 Å². The van der Waals surface area contributed by atoms with Gasteiger partial charge in [0, 0.05) is 30.3 Å². The van der Waals surface area contributed by atoms with Gasteiger partial charge in [-0.15, -0.1) is 0 Å². The van der Waals surface area contributed by atoms with E-state index >= 15 is 0 Å². The zero-order valence-corrected chi connectivity index (χ0v) is 7.83. The number of carbonyl (C=O) groups excluding carboxylic acids is 2. The van der Waals surface area contributed by atoms with E-state index < -0.39 is 23.5 Å². The van der Waals surface area contributed by atoms with Gasteiger partial charge in [-0.05, 0) is 0 Å². The summed E-state index contributed by atoms with van der Waals surface area (Å²) in [4.78, 5) is 37.8. The number of carbonyl (C=O) groups is 4. The maximum atomic E-state index is 9.54. The van der Waals surface area contributed by atoms with Crippen LogP contribution in [0.2, 0.25) is 0 Å². The number of carboxylic acids is 2. The van der Waals surface area contributed by atoms with Crippen LogP contribution in [-0.4, -0.2) is 33.7 Å². The Morgan fingerprint density at radius 3 is 0.846 bits per heavy atom. The average Bonchev–Trinajstić information content (AvgIpc) is 1.88. The van der Waals surface area contributed by atoms with Crippen molar-refractivity contribution in [2.24, 2.45) is 0 Å². The molecule has 0 aliphatic heterocycles. The van der Waals surface area contributed by atoms with Gasteiger partial charge in [-0.1, -0.05) is 0 Å². The molecule has 0 saturated carbocycles. The van der Waals surface area contributed by atoms with Gasteiger partial charge in [-0.2, -0.15) is 0 Å². The SMILES string of the molecule is CC(=O)C(=O)O.CC(=O)C(=O)O.[Ni]. The van der Waals surface area contributed by atoms with Crippen molar-refractivity contribution in [1.29, 1.82) is 0 Å². The van der Waals surface area contributed by atoms with Crippen LogP contribution in [0.1, 0.15) is 13.8 Å². The molecule has 0 spiro atoms. The van der Waals surface area contributed by atoms with Crippen LogP contribution in [0, 0.1) is 0 Å². The van der Waals surface area contributed by atoms with E-state index in [-0.39, 0.29) is 16.5 Å². The third-order valence-electron chi connectivity index (χ3n) is 0.602. The number of hydrogen-bond acceptors (Lipinski definition) is 4. The molecule has 0 heterocycles. The average molecular weight is 235 g/mol. The molecular weight excluding hydrogens is 227 g/mol. The Hall–Kier alpha value is -1.23. The van der Waals surface area contributed by atoms with Crippen molar-refractivity contribution < 1.29 is 45.9 Å². The molecular formula is C6H8NiO6. The van der Waals surface area contributed by atoms with E-state index in [1.165, 1.54) is 0 Å². The van der Waals surface area contributed by atoms with Crippen LogP contribution in [0.15, 0.2) is 0 Å². The van der Waals surface area contributed by atoms with Crippen LogP contribution in [0.4, 0.5) is 0 Å². The Kier molecular flexibility index (Phi) is 12.1. The predicted octanol–water partition coefficient (Wildman–Crippen LogP) is -0.683. The molecule has 0 aliphatic carbocycles. The summed E-state index contributed by atoms with van der Waals surface area (Å²) in [6, 6.07) is 0. The van der Waals surface area contributed by atoms with Gasteiger partial charge in [0.15, 0.2) is 0 Å². The minimum atomic E-state index is -1.38. The first-order chi connectivity index (χ1) is 5.29. The smallest absolute Gasteiger partial charge is 0.371 e.